The van der Waals surface area contributed by atoms with Crippen molar-refractivity contribution < 1.29 is 28.4 Å². The van der Waals surface area contributed by atoms with Crippen molar-refractivity contribution in [3.63, 3.8) is 0 Å². The summed E-state index contributed by atoms with van der Waals surface area (Å²) in [6.07, 6.45) is 0.522. The fourth-order valence-corrected chi connectivity index (χ4v) is 4.44. The first-order valence-electron chi connectivity index (χ1n) is 8.36. The van der Waals surface area contributed by atoms with E-state index in [1.807, 2.05) is 11.4 Å². The Kier molecular flexibility index (Phi) is 8.74. The van der Waals surface area contributed by atoms with Crippen molar-refractivity contribution in [2.24, 2.45) is 0 Å². The number of nitrogens with zero attached hydrogens (tertiary/aromatic N) is 1. The minimum Gasteiger partial charge on any atom is -0.497 e. The Morgan fingerprint density at radius 1 is 1.41 bits per heavy atom. The van der Waals surface area contributed by atoms with Crippen molar-refractivity contribution in [3.05, 3.63) is 22.4 Å². The second-order valence-corrected chi connectivity index (χ2v) is 8.59. The number of ketones is 1. The van der Waals surface area contributed by atoms with Gasteiger partial charge in [-0.2, -0.15) is 0 Å². The summed E-state index contributed by atoms with van der Waals surface area (Å²) in [5.74, 6) is -1.04. The lowest BCUT2D eigenvalue weighted by atomic mass is 9.80. The van der Waals surface area contributed by atoms with Gasteiger partial charge in [-0.25, -0.2) is 0 Å². The first-order chi connectivity index (χ1) is 12.9. The molecule has 1 atom stereocenters. The molecule has 1 fully saturated rings. The van der Waals surface area contributed by atoms with E-state index in [9.17, 15) is 14.4 Å². The summed E-state index contributed by atoms with van der Waals surface area (Å²) < 4.78 is 16.2. The van der Waals surface area contributed by atoms with E-state index in [1.165, 1.54) is 16.2 Å². The quantitative estimate of drug-likeness (QED) is 0.368. The molecule has 0 radical (unpaired) electrons. The van der Waals surface area contributed by atoms with Crippen LogP contribution in [0.25, 0.3) is 0 Å². The standard InChI is InChI=1S/C16H20BNO6S3/c1-3-22-16(25)27-13(7-6-11(19)12-5-4-8-26-12)17-23-14(20)9-18(2)10-15(21)24-17/h4-5,8,13H,3,6-7,9-10H2,1-2H3. The molecule has 27 heavy (non-hydrogen) atoms. The number of ether oxygens (including phenoxy) is 1. The molecule has 1 unspecified atom stereocenters. The second kappa shape index (κ2) is 10.8. The Bertz CT molecular complexity index is 664. The van der Waals surface area contributed by atoms with Gasteiger partial charge in [-0.15, -0.1) is 11.3 Å². The highest BCUT2D eigenvalue weighted by molar-refractivity contribution is 8.23. The number of thioether (sulfide) groups is 1. The van der Waals surface area contributed by atoms with E-state index in [4.69, 9.17) is 26.3 Å². The van der Waals surface area contributed by atoms with Gasteiger partial charge >= 0.3 is 19.1 Å². The number of thiophene rings is 1. The molecule has 0 aliphatic carbocycles. The molecule has 1 aliphatic heterocycles. The fourth-order valence-electron chi connectivity index (χ4n) is 2.37. The summed E-state index contributed by atoms with van der Waals surface area (Å²) in [5, 5.41) is 1.29. The molecule has 1 saturated heterocycles. The molecular formula is C16H20BNO6S3. The van der Waals surface area contributed by atoms with Crippen molar-refractivity contribution in [1.29, 1.82) is 0 Å². The average molecular weight is 429 g/mol. The largest absolute Gasteiger partial charge is 0.613 e. The Balaban J connectivity index is 2.09. The molecule has 146 valence electrons. The van der Waals surface area contributed by atoms with Crippen molar-refractivity contribution in [1.82, 2.24) is 4.90 Å². The third kappa shape index (κ3) is 7.25. The molecular weight excluding hydrogens is 409 g/mol. The fraction of sp³-hybridized carbons (Fsp3) is 0.500. The van der Waals surface area contributed by atoms with E-state index in [2.05, 4.69) is 0 Å². The van der Waals surface area contributed by atoms with Gasteiger partial charge in [0.2, 0.25) is 4.38 Å². The zero-order valence-corrected chi connectivity index (χ0v) is 17.5. The smallest absolute Gasteiger partial charge is 0.497 e. The number of hydrogen-bond acceptors (Lipinski definition) is 10. The van der Waals surface area contributed by atoms with Crippen LogP contribution in [0.3, 0.4) is 0 Å². The molecule has 11 heteroatoms. The number of carbonyl (C=O) groups excluding carboxylic acids is 3. The minimum atomic E-state index is -1.13. The van der Waals surface area contributed by atoms with Gasteiger partial charge in [0, 0.05) is 6.42 Å². The van der Waals surface area contributed by atoms with Crippen molar-refractivity contribution >= 4 is 64.5 Å². The van der Waals surface area contributed by atoms with Crippen LogP contribution in [-0.2, 0) is 23.6 Å². The molecule has 2 rings (SSSR count). The van der Waals surface area contributed by atoms with Gasteiger partial charge in [-0.3, -0.25) is 19.3 Å². The third-order valence-electron chi connectivity index (χ3n) is 3.56. The first-order valence-corrected chi connectivity index (χ1v) is 10.5. The summed E-state index contributed by atoms with van der Waals surface area (Å²) in [5.41, 5.74) is 0. The number of carbonyl (C=O) groups is 3. The van der Waals surface area contributed by atoms with E-state index in [-0.39, 0.29) is 29.7 Å². The summed E-state index contributed by atoms with van der Waals surface area (Å²) in [6, 6.07) is 3.56. The summed E-state index contributed by atoms with van der Waals surface area (Å²) >= 11 is 7.66. The van der Waals surface area contributed by atoms with Crippen LogP contribution in [0.15, 0.2) is 17.5 Å². The first kappa shape index (κ1) is 21.9. The molecule has 0 bridgehead atoms. The molecule has 0 N–H and O–H groups in total. The maximum atomic E-state index is 12.3. The molecule has 1 aromatic rings. The Hall–Kier alpha value is -1.43. The predicted octanol–water partition coefficient (Wildman–Crippen LogP) is 2.19. The molecule has 0 aromatic carbocycles. The second-order valence-electron chi connectivity index (χ2n) is 5.80. The van der Waals surface area contributed by atoms with Gasteiger partial charge in [0.1, 0.15) is 0 Å². The monoisotopic (exact) mass is 429 g/mol. The molecule has 2 heterocycles. The van der Waals surface area contributed by atoms with Crippen LogP contribution in [0, 0.1) is 0 Å². The van der Waals surface area contributed by atoms with Crippen LogP contribution < -0.4 is 0 Å². The third-order valence-corrected chi connectivity index (χ3v) is 5.95. The van der Waals surface area contributed by atoms with Crippen molar-refractivity contribution in [2.45, 2.75) is 24.9 Å². The van der Waals surface area contributed by atoms with Gasteiger partial charge < -0.3 is 14.0 Å². The lowest BCUT2D eigenvalue weighted by molar-refractivity contribution is -0.145. The summed E-state index contributed by atoms with van der Waals surface area (Å²) in [4.78, 5) is 38.5. The summed E-state index contributed by atoms with van der Waals surface area (Å²) in [6.45, 7) is 2.15. The van der Waals surface area contributed by atoms with E-state index in [1.54, 1.807) is 20.0 Å². The van der Waals surface area contributed by atoms with Crippen LogP contribution in [0.4, 0.5) is 0 Å². The van der Waals surface area contributed by atoms with Gasteiger partial charge in [0.15, 0.2) is 5.78 Å². The average Bonchev–Trinajstić information content (AvgIpc) is 3.11. The molecule has 7 nitrogen and oxygen atoms in total. The number of Topliss-reactive ketones (excluding diaryl/α,β-unsaturated/α-hetero) is 1. The SMILES string of the molecule is CCOC(=S)SC(CCC(=O)c1cccs1)B1OC(=O)CN(C)CC(=O)O1. The highest BCUT2D eigenvalue weighted by atomic mass is 32.2. The summed E-state index contributed by atoms with van der Waals surface area (Å²) in [7, 11) is 0.497. The van der Waals surface area contributed by atoms with E-state index in [0.717, 1.165) is 11.8 Å². The normalized spacial score (nSPS) is 16.7. The number of rotatable bonds is 7. The lowest BCUT2D eigenvalue weighted by Crippen LogP contribution is -2.47. The van der Waals surface area contributed by atoms with E-state index >= 15 is 0 Å². The molecule has 1 aliphatic rings. The zero-order valence-electron chi connectivity index (χ0n) is 15.0. The lowest BCUT2D eigenvalue weighted by Gasteiger charge is -2.26. The number of thiocarbonyl (C=S) groups is 1. The van der Waals surface area contributed by atoms with Gasteiger partial charge in [0.05, 0.1) is 29.7 Å². The highest BCUT2D eigenvalue weighted by Gasteiger charge is 2.41. The van der Waals surface area contributed by atoms with Gasteiger partial charge in [0.25, 0.3) is 0 Å². The maximum Gasteiger partial charge on any atom is 0.613 e. The molecule has 0 amide bonds. The Labute approximate surface area is 171 Å². The number of likely N-dealkylation sites (N-methyl/N-ethyl adjacent to an activating group) is 1. The van der Waals surface area contributed by atoms with Crippen LogP contribution in [0.2, 0.25) is 0 Å². The van der Waals surface area contributed by atoms with E-state index < -0.39 is 24.2 Å². The van der Waals surface area contributed by atoms with Crippen molar-refractivity contribution in [2.75, 3.05) is 26.7 Å². The van der Waals surface area contributed by atoms with Crippen LogP contribution >= 0.6 is 35.3 Å². The highest BCUT2D eigenvalue weighted by Crippen LogP contribution is 2.25. The van der Waals surface area contributed by atoms with Crippen LogP contribution in [0.1, 0.15) is 29.4 Å². The molecule has 0 saturated carbocycles. The molecule has 1 aromatic heterocycles. The predicted molar refractivity (Wildman–Crippen MR) is 109 cm³/mol. The minimum absolute atomic E-state index is 0.0208. The molecule has 0 spiro atoms. The Morgan fingerprint density at radius 3 is 2.63 bits per heavy atom. The zero-order chi connectivity index (χ0) is 19.8. The van der Waals surface area contributed by atoms with E-state index in [0.29, 0.717) is 17.9 Å². The van der Waals surface area contributed by atoms with Gasteiger partial charge in [-0.05, 0) is 44.1 Å². The number of hydrogen-bond donors (Lipinski definition) is 0. The van der Waals surface area contributed by atoms with Crippen LogP contribution in [-0.4, -0.2) is 66.0 Å². The van der Waals surface area contributed by atoms with Crippen LogP contribution in [0.5, 0.6) is 0 Å². The Morgan fingerprint density at radius 2 is 2.07 bits per heavy atom. The van der Waals surface area contributed by atoms with Gasteiger partial charge in [-0.1, -0.05) is 17.8 Å². The maximum absolute atomic E-state index is 12.3. The van der Waals surface area contributed by atoms with Crippen molar-refractivity contribution in [3.8, 4) is 0 Å². The topological polar surface area (TPSA) is 82.1 Å².